The Bertz CT molecular complexity index is 554. The molecule has 2 heterocycles. The van der Waals surface area contributed by atoms with Gasteiger partial charge >= 0.3 is 5.97 Å². The fraction of sp³-hybridized carbons (Fsp3) is 0.667. The summed E-state index contributed by atoms with van der Waals surface area (Å²) in [6.07, 6.45) is 5.61. The molecule has 2 aliphatic rings. The van der Waals surface area contributed by atoms with E-state index in [2.05, 4.69) is 5.16 Å². The summed E-state index contributed by atoms with van der Waals surface area (Å²) in [6, 6.07) is 0.861. The highest BCUT2D eigenvalue weighted by Gasteiger charge is 2.44. The minimum atomic E-state index is -0.924. The Labute approximate surface area is 123 Å². The van der Waals surface area contributed by atoms with Crippen LogP contribution in [0.5, 0.6) is 0 Å². The van der Waals surface area contributed by atoms with Crippen LogP contribution in [-0.4, -0.2) is 39.1 Å². The van der Waals surface area contributed by atoms with Crippen molar-refractivity contribution < 1.29 is 19.2 Å². The quantitative estimate of drug-likeness (QED) is 0.903. The molecule has 21 heavy (non-hydrogen) atoms. The Kier molecular flexibility index (Phi) is 3.69. The number of carboxylic acids is 1. The number of carboxylic acid groups (broad SMARTS) is 1. The third-order valence-electron chi connectivity index (χ3n) is 4.74. The number of nitrogens with zero attached hydrogens (tertiary/aromatic N) is 2. The second-order valence-corrected chi connectivity index (χ2v) is 6.08. The Morgan fingerprint density at radius 3 is 2.71 bits per heavy atom. The van der Waals surface area contributed by atoms with Gasteiger partial charge in [-0.1, -0.05) is 18.0 Å². The van der Waals surface area contributed by atoms with Gasteiger partial charge in [0.2, 0.25) is 0 Å². The summed E-state index contributed by atoms with van der Waals surface area (Å²) in [5.74, 6) is -0.253. The molecule has 3 atom stereocenters. The lowest BCUT2D eigenvalue weighted by atomic mass is 9.76. The first kappa shape index (κ1) is 14.1. The van der Waals surface area contributed by atoms with Crippen molar-refractivity contribution >= 4 is 11.9 Å². The lowest BCUT2D eigenvalue weighted by molar-refractivity contribution is -0.146. The molecule has 1 aliphatic carbocycles. The molecule has 0 spiro atoms. The second-order valence-electron chi connectivity index (χ2n) is 6.08. The largest absolute Gasteiger partial charge is 0.480 e. The molecule has 1 aliphatic heterocycles. The summed E-state index contributed by atoms with van der Waals surface area (Å²) in [7, 11) is 0. The Morgan fingerprint density at radius 1 is 1.29 bits per heavy atom. The predicted molar refractivity (Wildman–Crippen MR) is 73.8 cm³/mol. The van der Waals surface area contributed by atoms with Crippen molar-refractivity contribution in [2.75, 3.05) is 0 Å². The van der Waals surface area contributed by atoms with Gasteiger partial charge in [-0.15, -0.1) is 0 Å². The molecule has 114 valence electrons. The van der Waals surface area contributed by atoms with Crippen LogP contribution in [0.4, 0.5) is 0 Å². The number of likely N-dealkylation sites (tertiary alicyclic amines) is 1. The minimum absolute atomic E-state index is 0.0260. The van der Waals surface area contributed by atoms with Gasteiger partial charge in [0.25, 0.3) is 5.91 Å². The van der Waals surface area contributed by atoms with Gasteiger partial charge in [-0.3, -0.25) is 4.79 Å². The number of carbonyl (C=O) groups is 2. The normalized spacial score (nSPS) is 29.0. The number of amides is 1. The highest BCUT2D eigenvalue weighted by molar-refractivity contribution is 5.95. The molecular formula is C15H20N2O4. The van der Waals surface area contributed by atoms with Crippen LogP contribution in [0.2, 0.25) is 0 Å². The molecular weight excluding hydrogens is 272 g/mol. The lowest BCUT2D eigenvalue weighted by Crippen LogP contribution is -2.57. The maximum absolute atomic E-state index is 12.7. The van der Waals surface area contributed by atoms with E-state index in [1.54, 1.807) is 17.9 Å². The van der Waals surface area contributed by atoms with Crippen LogP contribution in [0.15, 0.2) is 10.6 Å². The van der Waals surface area contributed by atoms with Gasteiger partial charge in [-0.2, -0.15) is 0 Å². The molecule has 1 aromatic heterocycles. The number of hydrogen-bond donors (Lipinski definition) is 1. The minimum Gasteiger partial charge on any atom is -0.480 e. The monoisotopic (exact) mass is 292 g/mol. The molecule has 0 radical (unpaired) electrons. The smallest absolute Gasteiger partial charge is 0.326 e. The number of hydrogen-bond acceptors (Lipinski definition) is 4. The summed E-state index contributed by atoms with van der Waals surface area (Å²) >= 11 is 0. The Balaban J connectivity index is 1.92. The topological polar surface area (TPSA) is 83.6 Å². The summed E-state index contributed by atoms with van der Waals surface area (Å²) in [5.41, 5.74) is 0.213. The predicted octanol–water partition coefficient (Wildman–Crippen LogP) is 2.23. The molecule has 0 aromatic carbocycles. The van der Waals surface area contributed by atoms with E-state index in [9.17, 15) is 14.7 Å². The summed E-state index contributed by atoms with van der Waals surface area (Å²) in [6.45, 7) is 1.72. The van der Waals surface area contributed by atoms with Crippen LogP contribution in [0, 0.1) is 12.8 Å². The summed E-state index contributed by atoms with van der Waals surface area (Å²) in [4.78, 5) is 25.8. The SMILES string of the molecule is Cc1cc(C(=O)N2C(C(=O)O)CCC3CCCCC32)no1. The van der Waals surface area contributed by atoms with Gasteiger partial charge in [0, 0.05) is 12.1 Å². The molecule has 1 amide bonds. The zero-order valence-electron chi connectivity index (χ0n) is 12.1. The third kappa shape index (κ3) is 2.54. The fourth-order valence-electron chi connectivity index (χ4n) is 3.77. The molecule has 1 N–H and O–H groups in total. The first-order valence-electron chi connectivity index (χ1n) is 7.56. The molecule has 2 fully saturated rings. The number of fused-ring (bicyclic) bond motifs is 1. The number of aryl methyl sites for hydroxylation is 1. The van der Waals surface area contributed by atoms with E-state index in [0.717, 1.165) is 25.7 Å². The van der Waals surface area contributed by atoms with Crippen LogP contribution in [-0.2, 0) is 4.79 Å². The molecule has 6 heteroatoms. The van der Waals surface area contributed by atoms with E-state index >= 15 is 0 Å². The van der Waals surface area contributed by atoms with Gasteiger partial charge in [0.05, 0.1) is 0 Å². The molecule has 1 saturated carbocycles. The van der Waals surface area contributed by atoms with E-state index in [-0.39, 0.29) is 17.6 Å². The Hall–Kier alpha value is -1.85. The number of piperidine rings is 1. The maximum atomic E-state index is 12.7. The number of aromatic nitrogens is 1. The van der Waals surface area contributed by atoms with E-state index in [4.69, 9.17) is 4.52 Å². The van der Waals surface area contributed by atoms with Crippen molar-refractivity contribution in [2.45, 2.75) is 57.5 Å². The molecule has 6 nitrogen and oxygen atoms in total. The van der Waals surface area contributed by atoms with Gasteiger partial charge in [0.1, 0.15) is 11.8 Å². The van der Waals surface area contributed by atoms with E-state index in [1.165, 1.54) is 6.42 Å². The van der Waals surface area contributed by atoms with Crippen LogP contribution in [0.3, 0.4) is 0 Å². The maximum Gasteiger partial charge on any atom is 0.326 e. The highest BCUT2D eigenvalue weighted by Crippen LogP contribution is 2.38. The van der Waals surface area contributed by atoms with Crippen LogP contribution < -0.4 is 0 Å². The zero-order chi connectivity index (χ0) is 15.0. The molecule has 1 aromatic rings. The third-order valence-corrected chi connectivity index (χ3v) is 4.74. The van der Waals surface area contributed by atoms with Gasteiger partial charge < -0.3 is 14.5 Å². The van der Waals surface area contributed by atoms with Gasteiger partial charge in [-0.05, 0) is 38.5 Å². The first-order valence-corrected chi connectivity index (χ1v) is 7.56. The van der Waals surface area contributed by atoms with Crippen molar-refractivity contribution in [1.82, 2.24) is 10.1 Å². The van der Waals surface area contributed by atoms with Crippen LogP contribution >= 0.6 is 0 Å². The lowest BCUT2D eigenvalue weighted by Gasteiger charge is -2.46. The first-order chi connectivity index (χ1) is 10.1. The zero-order valence-corrected chi connectivity index (χ0v) is 12.1. The van der Waals surface area contributed by atoms with Crippen LogP contribution in [0.1, 0.15) is 54.8 Å². The number of rotatable bonds is 2. The molecule has 3 rings (SSSR count). The van der Waals surface area contributed by atoms with Crippen molar-refractivity contribution in [3.63, 3.8) is 0 Å². The summed E-state index contributed by atoms with van der Waals surface area (Å²) in [5, 5.41) is 13.2. The standard InChI is InChI=1S/C15H20N2O4/c1-9-8-11(16-21-9)14(18)17-12-5-3-2-4-10(12)6-7-13(17)15(19)20/h8,10,12-13H,2-7H2,1H3,(H,19,20). The van der Waals surface area contributed by atoms with Gasteiger partial charge in [0.15, 0.2) is 5.69 Å². The fourth-order valence-corrected chi connectivity index (χ4v) is 3.77. The molecule has 1 saturated heterocycles. The van der Waals surface area contributed by atoms with Crippen molar-refractivity contribution in [2.24, 2.45) is 5.92 Å². The van der Waals surface area contributed by atoms with E-state index in [1.807, 2.05) is 0 Å². The number of carbonyl (C=O) groups excluding carboxylic acids is 1. The second kappa shape index (κ2) is 5.50. The Morgan fingerprint density at radius 2 is 2.05 bits per heavy atom. The average Bonchev–Trinajstić information content (AvgIpc) is 2.91. The average molecular weight is 292 g/mol. The number of aliphatic carboxylic acids is 1. The molecule has 0 bridgehead atoms. The van der Waals surface area contributed by atoms with Crippen molar-refractivity contribution in [3.05, 3.63) is 17.5 Å². The van der Waals surface area contributed by atoms with Crippen LogP contribution in [0.25, 0.3) is 0 Å². The molecule has 3 unspecified atom stereocenters. The van der Waals surface area contributed by atoms with Gasteiger partial charge in [-0.25, -0.2) is 4.79 Å². The van der Waals surface area contributed by atoms with Crippen molar-refractivity contribution in [1.29, 1.82) is 0 Å². The van der Waals surface area contributed by atoms with E-state index in [0.29, 0.717) is 18.1 Å². The highest BCUT2D eigenvalue weighted by atomic mass is 16.5. The van der Waals surface area contributed by atoms with Crippen molar-refractivity contribution in [3.8, 4) is 0 Å². The summed E-state index contributed by atoms with van der Waals surface area (Å²) < 4.78 is 4.96. The van der Waals surface area contributed by atoms with E-state index < -0.39 is 12.0 Å².